The van der Waals surface area contributed by atoms with Gasteiger partial charge >= 0.3 is 5.69 Å². The van der Waals surface area contributed by atoms with Crippen molar-refractivity contribution in [2.45, 2.75) is 19.6 Å². The highest BCUT2D eigenvalue weighted by Gasteiger charge is 2.34. The van der Waals surface area contributed by atoms with Crippen LogP contribution in [0.1, 0.15) is 23.1 Å². The molecule has 0 unspecified atom stereocenters. The fraction of sp³-hybridized carbons (Fsp3) is 0.273. The van der Waals surface area contributed by atoms with Crippen molar-refractivity contribution in [2.24, 2.45) is 14.1 Å². The summed E-state index contributed by atoms with van der Waals surface area (Å²) in [6.45, 7) is 3.09. The lowest BCUT2D eigenvalue weighted by molar-refractivity contribution is 0.0347. The first-order chi connectivity index (χ1) is 14.0. The van der Waals surface area contributed by atoms with Crippen molar-refractivity contribution < 1.29 is 9.15 Å². The lowest BCUT2D eigenvalue weighted by Gasteiger charge is -2.26. The van der Waals surface area contributed by atoms with Crippen molar-refractivity contribution in [3.05, 3.63) is 80.5 Å². The van der Waals surface area contributed by atoms with Crippen LogP contribution in [0.4, 0.5) is 0 Å². The Morgan fingerprint density at radius 2 is 1.79 bits per heavy atom. The average molecular weight is 391 g/mol. The number of rotatable bonds is 2. The number of aryl methyl sites for hydroxylation is 2. The van der Waals surface area contributed by atoms with Crippen molar-refractivity contribution in [1.29, 1.82) is 0 Å². The summed E-state index contributed by atoms with van der Waals surface area (Å²) < 4.78 is 16.5. The molecule has 0 amide bonds. The van der Waals surface area contributed by atoms with Gasteiger partial charge in [0.05, 0.1) is 35.2 Å². The van der Waals surface area contributed by atoms with E-state index in [-0.39, 0.29) is 11.2 Å². The fourth-order valence-electron chi connectivity index (χ4n) is 4.25. The highest BCUT2D eigenvalue weighted by atomic mass is 16.5. The molecule has 0 aliphatic carbocycles. The van der Waals surface area contributed by atoms with Gasteiger partial charge in [0.1, 0.15) is 5.76 Å². The van der Waals surface area contributed by atoms with E-state index in [1.807, 2.05) is 43.3 Å². The van der Waals surface area contributed by atoms with Crippen LogP contribution in [0.25, 0.3) is 22.2 Å². The molecule has 0 bridgehead atoms. The smallest absolute Gasteiger partial charge is 0.331 e. The molecule has 148 valence electrons. The summed E-state index contributed by atoms with van der Waals surface area (Å²) in [4.78, 5) is 26.0. The van der Waals surface area contributed by atoms with Gasteiger partial charge in [0.15, 0.2) is 6.10 Å². The molecule has 1 aliphatic heterocycles. The van der Waals surface area contributed by atoms with Gasteiger partial charge in [-0.15, -0.1) is 0 Å². The number of hydrogen-bond donors (Lipinski definition) is 0. The highest BCUT2D eigenvalue weighted by Crippen LogP contribution is 2.40. The van der Waals surface area contributed by atoms with E-state index in [0.717, 1.165) is 27.1 Å². The molecule has 1 aliphatic rings. The van der Waals surface area contributed by atoms with E-state index in [1.165, 1.54) is 11.6 Å². The van der Waals surface area contributed by atoms with Gasteiger partial charge in [0, 0.05) is 20.6 Å². The van der Waals surface area contributed by atoms with Gasteiger partial charge in [-0.25, -0.2) is 4.79 Å². The van der Waals surface area contributed by atoms with E-state index in [0.29, 0.717) is 29.8 Å². The highest BCUT2D eigenvalue weighted by molar-refractivity contribution is 5.96. The molecule has 29 heavy (non-hydrogen) atoms. The minimum absolute atomic E-state index is 0.307. The molecule has 0 N–H and O–H groups in total. The van der Waals surface area contributed by atoms with Crippen LogP contribution in [0.15, 0.2) is 56.7 Å². The second-order valence-corrected chi connectivity index (χ2v) is 7.45. The number of hydrogen-bond acceptors (Lipinski definition) is 4. The largest absolute Gasteiger partial charge is 0.466 e. The Labute approximate surface area is 166 Å². The van der Waals surface area contributed by atoms with E-state index in [2.05, 4.69) is 4.57 Å². The van der Waals surface area contributed by atoms with Gasteiger partial charge in [0.25, 0.3) is 5.56 Å². The van der Waals surface area contributed by atoms with Crippen molar-refractivity contribution in [2.75, 3.05) is 6.61 Å². The monoisotopic (exact) mass is 391 g/mol. The van der Waals surface area contributed by atoms with Crippen LogP contribution in [0.3, 0.4) is 0 Å². The van der Waals surface area contributed by atoms with E-state index < -0.39 is 6.10 Å². The molecule has 0 radical (unpaired) electrons. The van der Waals surface area contributed by atoms with Crippen LogP contribution in [0.2, 0.25) is 0 Å². The Morgan fingerprint density at radius 3 is 2.48 bits per heavy atom. The summed E-state index contributed by atoms with van der Waals surface area (Å²) in [7, 11) is 3.21. The lowest BCUT2D eigenvalue weighted by atomic mass is 10.1. The van der Waals surface area contributed by atoms with Crippen molar-refractivity contribution in [3.8, 4) is 11.3 Å². The third-order valence-corrected chi connectivity index (χ3v) is 5.68. The quantitative estimate of drug-likeness (QED) is 0.527. The first-order valence-electron chi connectivity index (χ1n) is 9.53. The van der Waals surface area contributed by atoms with Crippen LogP contribution < -0.4 is 11.2 Å². The molecule has 7 heteroatoms. The molecule has 3 aromatic heterocycles. The zero-order valence-electron chi connectivity index (χ0n) is 16.5. The SMILES string of the molecule is Cc1ccc(-c2c3c(=O)n(C)c(=O)n(C)c3c3n2CCO[C@@H]3c2ccco2)cc1. The van der Waals surface area contributed by atoms with Gasteiger partial charge in [-0.05, 0) is 24.6 Å². The van der Waals surface area contributed by atoms with Crippen molar-refractivity contribution in [3.63, 3.8) is 0 Å². The lowest BCUT2D eigenvalue weighted by Crippen LogP contribution is -2.37. The maximum atomic E-state index is 13.2. The van der Waals surface area contributed by atoms with Gasteiger partial charge in [0.2, 0.25) is 0 Å². The Balaban J connectivity index is 1.97. The summed E-state index contributed by atoms with van der Waals surface area (Å²) in [5, 5.41) is 0.524. The molecule has 0 spiro atoms. The molecular formula is C22H21N3O4. The van der Waals surface area contributed by atoms with Gasteiger partial charge in [-0.1, -0.05) is 29.8 Å². The molecule has 7 nitrogen and oxygen atoms in total. The Morgan fingerprint density at radius 1 is 1.03 bits per heavy atom. The zero-order chi connectivity index (χ0) is 20.3. The topological polar surface area (TPSA) is 71.3 Å². The molecule has 5 rings (SSSR count). The molecule has 0 fully saturated rings. The predicted octanol–water partition coefficient (Wildman–Crippen LogP) is 2.73. The Hall–Kier alpha value is -3.32. The summed E-state index contributed by atoms with van der Waals surface area (Å²) >= 11 is 0. The van der Waals surface area contributed by atoms with Crippen molar-refractivity contribution >= 4 is 10.9 Å². The summed E-state index contributed by atoms with van der Waals surface area (Å²) in [6, 6.07) is 11.7. The first-order valence-corrected chi connectivity index (χ1v) is 9.53. The van der Waals surface area contributed by atoms with Crippen LogP contribution in [0.5, 0.6) is 0 Å². The van der Waals surface area contributed by atoms with Gasteiger partial charge in [-0.2, -0.15) is 0 Å². The number of benzene rings is 1. The standard InChI is InChI=1S/C22H21N3O4/c1-13-6-8-14(9-7-13)17-16-18(23(2)22(27)24(3)21(16)26)19-20(15-5-4-11-28-15)29-12-10-25(17)19/h4-9,11,20H,10,12H2,1-3H3/t20-/m1/s1. The number of furan rings is 1. The van der Waals surface area contributed by atoms with Crippen LogP contribution >= 0.6 is 0 Å². The number of aromatic nitrogens is 3. The predicted molar refractivity (Wildman–Crippen MR) is 109 cm³/mol. The third kappa shape index (κ3) is 2.47. The van der Waals surface area contributed by atoms with E-state index in [9.17, 15) is 9.59 Å². The third-order valence-electron chi connectivity index (χ3n) is 5.68. The van der Waals surface area contributed by atoms with E-state index in [1.54, 1.807) is 13.3 Å². The molecule has 4 heterocycles. The molecule has 0 saturated heterocycles. The first kappa shape index (κ1) is 17.8. The maximum absolute atomic E-state index is 13.2. The van der Waals surface area contributed by atoms with Crippen LogP contribution in [-0.4, -0.2) is 20.3 Å². The minimum atomic E-state index is -0.488. The fourth-order valence-corrected chi connectivity index (χ4v) is 4.25. The normalized spacial score (nSPS) is 16.3. The molecule has 4 aromatic rings. The van der Waals surface area contributed by atoms with Gasteiger partial charge in [-0.3, -0.25) is 13.9 Å². The molecule has 0 saturated carbocycles. The average Bonchev–Trinajstić information content (AvgIpc) is 3.37. The van der Waals surface area contributed by atoms with Crippen LogP contribution in [-0.2, 0) is 25.4 Å². The summed E-state index contributed by atoms with van der Waals surface area (Å²) in [5.41, 5.74) is 3.58. The van der Waals surface area contributed by atoms with Crippen molar-refractivity contribution in [1.82, 2.24) is 13.7 Å². The minimum Gasteiger partial charge on any atom is -0.466 e. The molecular weight excluding hydrogens is 370 g/mol. The van der Waals surface area contributed by atoms with E-state index in [4.69, 9.17) is 9.15 Å². The van der Waals surface area contributed by atoms with Gasteiger partial charge < -0.3 is 13.7 Å². The number of fused-ring (bicyclic) bond motifs is 3. The summed E-state index contributed by atoms with van der Waals surface area (Å²) in [6.07, 6.45) is 1.11. The second kappa shape index (κ2) is 6.35. The zero-order valence-corrected chi connectivity index (χ0v) is 16.5. The number of ether oxygens (including phenoxy) is 1. The Kier molecular flexibility index (Phi) is 3.89. The molecule has 1 atom stereocenters. The maximum Gasteiger partial charge on any atom is 0.331 e. The Bertz CT molecular complexity index is 1340. The summed E-state index contributed by atoms with van der Waals surface area (Å²) in [5.74, 6) is 0.647. The molecule has 1 aromatic carbocycles. The second-order valence-electron chi connectivity index (χ2n) is 7.45. The van der Waals surface area contributed by atoms with E-state index >= 15 is 0 Å². The number of nitrogens with zero attached hydrogens (tertiary/aromatic N) is 3. The van der Waals surface area contributed by atoms with Crippen LogP contribution in [0, 0.1) is 6.92 Å².